The molecule has 0 radical (unpaired) electrons. The van der Waals surface area contributed by atoms with E-state index in [0.717, 1.165) is 4.90 Å². The molecule has 0 saturated heterocycles. The van der Waals surface area contributed by atoms with Crippen LogP contribution in [0.15, 0.2) is 23.1 Å². The number of hydrogen-bond donors (Lipinski definition) is 2. The third-order valence-corrected chi connectivity index (χ3v) is 3.48. The Balaban J connectivity index is 2.76. The van der Waals surface area contributed by atoms with Gasteiger partial charge in [-0.3, -0.25) is 4.79 Å². The van der Waals surface area contributed by atoms with Gasteiger partial charge >= 0.3 is 0 Å². The maximum Gasteiger partial charge on any atom is 0.232 e. The zero-order valence-corrected chi connectivity index (χ0v) is 10.2. The second-order valence-electron chi connectivity index (χ2n) is 3.06. The number of thioether (sulfide) groups is 1. The Hall–Kier alpha value is -0.870. The van der Waals surface area contributed by atoms with Crippen LogP contribution in [0.25, 0.3) is 0 Å². The number of anilines is 1. The molecular weight excluding hydrogens is 232 g/mol. The Morgan fingerprint density at radius 2 is 2.27 bits per heavy atom. The molecule has 0 fully saturated rings. The van der Waals surface area contributed by atoms with Gasteiger partial charge in [-0.2, -0.15) is 0 Å². The molecule has 0 aliphatic rings. The van der Waals surface area contributed by atoms with Crippen molar-refractivity contribution in [3.05, 3.63) is 23.2 Å². The van der Waals surface area contributed by atoms with Crippen molar-refractivity contribution < 1.29 is 4.79 Å². The Bertz CT molecular complexity index is 370. The number of nitrogen functional groups attached to an aromatic ring is 1. The van der Waals surface area contributed by atoms with Crippen LogP contribution < -0.4 is 11.1 Å². The number of nitrogens with one attached hydrogen (secondary N) is 1. The van der Waals surface area contributed by atoms with Gasteiger partial charge in [0.2, 0.25) is 5.91 Å². The number of benzene rings is 1. The molecule has 0 heterocycles. The van der Waals surface area contributed by atoms with Gasteiger partial charge in [0.1, 0.15) is 0 Å². The van der Waals surface area contributed by atoms with E-state index in [1.165, 1.54) is 11.8 Å². The van der Waals surface area contributed by atoms with Gasteiger partial charge in [-0.1, -0.05) is 11.6 Å². The summed E-state index contributed by atoms with van der Waals surface area (Å²) < 4.78 is 0. The predicted octanol–water partition coefficient (Wildman–Crippen LogP) is 2.15. The lowest BCUT2D eigenvalue weighted by molar-refractivity contribution is -0.119. The van der Waals surface area contributed by atoms with Gasteiger partial charge in [-0.15, -0.1) is 11.8 Å². The van der Waals surface area contributed by atoms with Crippen LogP contribution >= 0.6 is 23.4 Å². The zero-order valence-electron chi connectivity index (χ0n) is 8.58. The smallest absolute Gasteiger partial charge is 0.232 e. The Morgan fingerprint density at radius 3 is 2.80 bits per heavy atom. The van der Waals surface area contributed by atoms with Crippen LogP contribution in [0.5, 0.6) is 0 Å². The van der Waals surface area contributed by atoms with Crippen molar-refractivity contribution in [2.45, 2.75) is 17.1 Å². The normalized spacial score (nSPS) is 12.2. The van der Waals surface area contributed by atoms with Gasteiger partial charge in [0, 0.05) is 17.6 Å². The molecule has 3 N–H and O–H groups in total. The molecule has 0 aromatic heterocycles. The molecule has 1 aromatic carbocycles. The summed E-state index contributed by atoms with van der Waals surface area (Å²) in [5.74, 6) is -0.0205. The van der Waals surface area contributed by atoms with Crippen molar-refractivity contribution in [3.63, 3.8) is 0 Å². The highest BCUT2D eigenvalue weighted by Gasteiger charge is 2.14. The average Bonchev–Trinajstić information content (AvgIpc) is 2.20. The number of nitrogens with two attached hydrogens (primary N) is 1. The molecule has 0 bridgehead atoms. The molecule has 15 heavy (non-hydrogen) atoms. The van der Waals surface area contributed by atoms with Crippen molar-refractivity contribution in [2.24, 2.45) is 0 Å². The first-order chi connectivity index (χ1) is 7.04. The molecule has 0 aliphatic carbocycles. The lowest BCUT2D eigenvalue weighted by Crippen LogP contribution is -2.27. The lowest BCUT2D eigenvalue weighted by atomic mass is 10.3. The molecule has 5 heteroatoms. The summed E-state index contributed by atoms with van der Waals surface area (Å²) in [4.78, 5) is 12.2. The topological polar surface area (TPSA) is 55.1 Å². The Labute approximate surface area is 98.4 Å². The molecule has 0 aliphatic heterocycles. The standard InChI is InChI=1S/C10H13ClN2OS/c1-6(10(14)13-2)15-9-4-3-7(12)5-8(9)11/h3-6H,12H2,1-2H3,(H,13,14). The second-order valence-corrected chi connectivity index (χ2v) is 4.85. The fourth-order valence-corrected chi connectivity index (χ4v) is 2.31. The Morgan fingerprint density at radius 1 is 1.60 bits per heavy atom. The van der Waals surface area contributed by atoms with Gasteiger partial charge < -0.3 is 11.1 Å². The largest absolute Gasteiger partial charge is 0.399 e. The third kappa shape index (κ3) is 3.32. The van der Waals surface area contributed by atoms with Crippen LogP contribution in [-0.4, -0.2) is 18.2 Å². The number of rotatable bonds is 3. The molecule has 82 valence electrons. The highest BCUT2D eigenvalue weighted by molar-refractivity contribution is 8.00. The van der Waals surface area contributed by atoms with Crippen LogP contribution in [0.4, 0.5) is 5.69 Å². The maximum absolute atomic E-state index is 11.3. The van der Waals surface area contributed by atoms with Crippen molar-refractivity contribution >= 4 is 35.0 Å². The van der Waals surface area contributed by atoms with Crippen molar-refractivity contribution in [1.82, 2.24) is 5.32 Å². The maximum atomic E-state index is 11.3. The van der Waals surface area contributed by atoms with E-state index < -0.39 is 0 Å². The van der Waals surface area contributed by atoms with Crippen LogP contribution in [0, 0.1) is 0 Å². The van der Waals surface area contributed by atoms with E-state index in [2.05, 4.69) is 5.32 Å². The molecule has 1 amide bonds. The SMILES string of the molecule is CNC(=O)C(C)Sc1ccc(N)cc1Cl. The molecule has 1 rings (SSSR count). The number of carbonyl (C=O) groups is 1. The van der Waals surface area contributed by atoms with E-state index in [4.69, 9.17) is 17.3 Å². The summed E-state index contributed by atoms with van der Waals surface area (Å²) in [6.45, 7) is 1.83. The third-order valence-electron chi connectivity index (χ3n) is 1.88. The fraction of sp³-hybridized carbons (Fsp3) is 0.300. The van der Waals surface area contributed by atoms with Crippen LogP contribution in [0.3, 0.4) is 0 Å². The average molecular weight is 245 g/mol. The first kappa shape index (κ1) is 12.2. The summed E-state index contributed by atoms with van der Waals surface area (Å²) in [6.07, 6.45) is 0. The number of amides is 1. The second kappa shape index (κ2) is 5.28. The minimum absolute atomic E-state index is 0.0205. The summed E-state index contributed by atoms with van der Waals surface area (Å²) in [5, 5.41) is 3.00. The van der Waals surface area contributed by atoms with E-state index in [9.17, 15) is 4.79 Å². The molecule has 0 saturated carbocycles. The summed E-state index contributed by atoms with van der Waals surface area (Å²) in [7, 11) is 1.62. The van der Waals surface area contributed by atoms with Gasteiger partial charge in [0.15, 0.2) is 0 Å². The van der Waals surface area contributed by atoms with E-state index in [1.807, 2.05) is 13.0 Å². The first-order valence-electron chi connectivity index (χ1n) is 4.48. The predicted molar refractivity (Wildman–Crippen MR) is 65.3 cm³/mol. The van der Waals surface area contributed by atoms with E-state index >= 15 is 0 Å². The van der Waals surface area contributed by atoms with E-state index in [0.29, 0.717) is 10.7 Å². The summed E-state index contributed by atoms with van der Waals surface area (Å²) in [6, 6.07) is 5.27. The van der Waals surface area contributed by atoms with Crippen molar-refractivity contribution in [1.29, 1.82) is 0 Å². The van der Waals surface area contributed by atoms with Gasteiger partial charge in [0.05, 0.1) is 10.3 Å². The zero-order chi connectivity index (χ0) is 11.4. The van der Waals surface area contributed by atoms with E-state index in [1.54, 1.807) is 19.2 Å². The number of hydrogen-bond acceptors (Lipinski definition) is 3. The minimum atomic E-state index is -0.170. The van der Waals surface area contributed by atoms with Crippen LogP contribution in [-0.2, 0) is 4.79 Å². The number of halogens is 1. The van der Waals surface area contributed by atoms with Crippen LogP contribution in [0.2, 0.25) is 5.02 Å². The van der Waals surface area contributed by atoms with Gasteiger partial charge in [-0.25, -0.2) is 0 Å². The molecule has 0 spiro atoms. The lowest BCUT2D eigenvalue weighted by Gasteiger charge is -2.10. The first-order valence-corrected chi connectivity index (χ1v) is 5.73. The van der Waals surface area contributed by atoms with Crippen LogP contribution in [0.1, 0.15) is 6.92 Å². The van der Waals surface area contributed by atoms with Crippen molar-refractivity contribution in [3.8, 4) is 0 Å². The quantitative estimate of drug-likeness (QED) is 0.633. The van der Waals surface area contributed by atoms with Crippen molar-refractivity contribution in [2.75, 3.05) is 12.8 Å². The minimum Gasteiger partial charge on any atom is -0.399 e. The van der Waals surface area contributed by atoms with E-state index in [-0.39, 0.29) is 11.2 Å². The van der Waals surface area contributed by atoms with Gasteiger partial charge in [-0.05, 0) is 25.1 Å². The highest BCUT2D eigenvalue weighted by Crippen LogP contribution is 2.31. The van der Waals surface area contributed by atoms with Gasteiger partial charge in [0.25, 0.3) is 0 Å². The summed E-state index contributed by atoms with van der Waals surface area (Å²) in [5.41, 5.74) is 6.19. The molecule has 1 atom stereocenters. The molecule has 1 unspecified atom stereocenters. The fourth-order valence-electron chi connectivity index (χ4n) is 1.06. The molecule has 3 nitrogen and oxygen atoms in total. The monoisotopic (exact) mass is 244 g/mol. The highest BCUT2D eigenvalue weighted by atomic mass is 35.5. The Kier molecular flexibility index (Phi) is 4.29. The summed E-state index contributed by atoms with van der Waals surface area (Å²) >= 11 is 7.40. The molecule has 1 aromatic rings. The number of carbonyl (C=O) groups excluding carboxylic acids is 1. The molecular formula is C10H13ClN2OS.